The van der Waals surface area contributed by atoms with Crippen LogP contribution in [0, 0.1) is 10.1 Å². The molecule has 0 bridgehead atoms. The van der Waals surface area contributed by atoms with Crippen molar-refractivity contribution in [2.24, 2.45) is 0 Å². The van der Waals surface area contributed by atoms with Gasteiger partial charge in [0, 0.05) is 30.4 Å². The Balaban J connectivity index is 2.11. The summed E-state index contributed by atoms with van der Waals surface area (Å²) in [6.45, 7) is -0.645. The van der Waals surface area contributed by atoms with Gasteiger partial charge in [0.05, 0.1) is 23.2 Å². The first kappa shape index (κ1) is 18.2. The van der Waals surface area contributed by atoms with Gasteiger partial charge in [-0.25, -0.2) is 9.50 Å². The SMILES string of the molecule is Nc1ncnn2cc(C(=O)NCC(O)CO)c(-c3ccc([N+](=O)[O-])cc3)c12. The smallest absolute Gasteiger partial charge is 0.269 e. The second-order valence-electron chi connectivity index (χ2n) is 5.71. The van der Waals surface area contributed by atoms with Crippen molar-refractivity contribution >= 4 is 22.9 Å². The third-order valence-corrected chi connectivity index (χ3v) is 3.92. The maximum Gasteiger partial charge on any atom is 0.269 e. The van der Waals surface area contributed by atoms with E-state index in [1.807, 2.05) is 0 Å². The zero-order chi connectivity index (χ0) is 19.6. The molecule has 0 aliphatic carbocycles. The van der Waals surface area contributed by atoms with Crippen molar-refractivity contribution in [1.29, 1.82) is 0 Å². The Morgan fingerprint density at radius 1 is 1.37 bits per heavy atom. The van der Waals surface area contributed by atoms with Gasteiger partial charge >= 0.3 is 0 Å². The number of nitrogens with zero attached hydrogens (tertiary/aromatic N) is 4. The topological polar surface area (TPSA) is 169 Å². The van der Waals surface area contributed by atoms with Gasteiger partial charge in [0.2, 0.25) is 0 Å². The molecule has 0 fully saturated rings. The highest BCUT2D eigenvalue weighted by Gasteiger charge is 2.22. The molecule has 0 spiro atoms. The summed E-state index contributed by atoms with van der Waals surface area (Å²) >= 11 is 0. The molecule has 2 aromatic heterocycles. The molecule has 1 amide bonds. The number of fused-ring (bicyclic) bond motifs is 1. The summed E-state index contributed by atoms with van der Waals surface area (Å²) in [5.41, 5.74) is 7.33. The number of aliphatic hydroxyl groups excluding tert-OH is 2. The van der Waals surface area contributed by atoms with E-state index in [1.54, 1.807) is 0 Å². The molecule has 2 heterocycles. The standard InChI is InChI=1S/C16H16N6O5/c17-15-14-13(9-1-3-10(4-2-9)22(26)27)12(6-21(14)20-8-19-15)16(25)18-5-11(24)7-23/h1-4,6,8,11,23-24H,5,7H2,(H,18,25)(H2,17,19,20). The Morgan fingerprint density at radius 3 is 2.70 bits per heavy atom. The van der Waals surface area contributed by atoms with Gasteiger partial charge in [-0.2, -0.15) is 5.10 Å². The van der Waals surface area contributed by atoms with Crippen LogP contribution in [0.3, 0.4) is 0 Å². The van der Waals surface area contributed by atoms with Gasteiger partial charge in [0.15, 0.2) is 5.82 Å². The molecule has 1 unspecified atom stereocenters. The largest absolute Gasteiger partial charge is 0.394 e. The number of nitrogens with two attached hydrogens (primary N) is 1. The molecule has 0 saturated heterocycles. The predicted molar refractivity (Wildman–Crippen MR) is 94.9 cm³/mol. The highest BCUT2D eigenvalue weighted by Crippen LogP contribution is 2.33. The Hall–Kier alpha value is -3.57. The van der Waals surface area contributed by atoms with Crippen LogP contribution in [0.1, 0.15) is 10.4 Å². The zero-order valence-corrected chi connectivity index (χ0v) is 13.9. The van der Waals surface area contributed by atoms with E-state index >= 15 is 0 Å². The van der Waals surface area contributed by atoms with Crippen LogP contribution >= 0.6 is 0 Å². The van der Waals surface area contributed by atoms with E-state index in [-0.39, 0.29) is 23.6 Å². The van der Waals surface area contributed by atoms with E-state index < -0.39 is 23.5 Å². The van der Waals surface area contributed by atoms with Crippen molar-refractivity contribution in [1.82, 2.24) is 19.9 Å². The molecule has 140 valence electrons. The number of aliphatic hydroxyl groups is 2. The van der Waals surface area contributed by atoms with Gasteiger partial charge < -0.3 is 21.3 Å². The van der Waals surface area contributed by atoms with E-state index in [0.717, 1.165) is 0 Å². The van der Waals surface area contributed by atoms with E-state index in [9.17, 15) is 20.0 Å². The summed E-state index contributed by atoms with van der Waals surface area (Å²) in [4.78, 5) is 26.9. The molecule has 0 aliphatic heterocycles. The summed E-state index contributed by atoms with van der Waals surface area (Å²) in [5, 5.41) is 35.7. The number of aromatic nitrogens is 3. The fraction of sp³-hybridized carbons (Fsp3) is 0.188. The minimum Gasteiger partial charge on any atom is -0.394 e. The second-order valence-corrected chi connectivity index (χ2v) is 5.71. The zero-order valence-electron chi connectivity index (χ0n) is 13.9. The quantitative estimate of drug-likeness (QED) is 0.345. The van der Waals surface area contributed by atoms with Crippen molar-refractivity contribution < 1.29 is 19.9 Å². The number of hydrogen-bond acceptors (Lipinski definition) is 8. The first-order valence-corrected chi connectivity index (χ1v) is 7.86. The molecule has 3 aromatic rings. The number of nitro benzene ring substituents is 1. The highest BCUT2D eigenvalue weighted by atomic mass is 16.6. The summed E-state index contributed by atoms with van der Waals surface area (Å²) in [6, 6.07) is 5.63. The molecule has 0 aliphatic rings. The average molecular weight is 372 g/mol. The molecular formula is C16H16N6O5. The first-order valence-electron chi connectivity index (χ1n) is 7.86. The van der Waals surface area contributed by atoms with Crippen LogP contribution in [-0.2, 0) is 0 Å². The normalized spacial score (nSPS) is 12.1. The third-order valence-electron chi connectivity index (χ3n) is 3.92. The van der Waals surface area contributed by atoms with Gasteiger partial charge in [-0.15, -0.1) is 0 Å². The molecule has 11 nitrogen and oxygen atoms in total. The summed E-state index contributed by atoms with van der Waals surface area (Å²) < 4.78 is 1.39. The number of nitrogens with one attached hydrogen (secondary N) is 1. The van der Waals surface area contributed by atoms with Gasteiger partial charge in [0.25, 0.3) is 11.6 Å². The van der Waals surface area contributed by atoms with Crippen molar-refractivity contribution in [3.8, 4) is 11.1 Å². The number of amides is 1. The van der Waals surface area contributed by atoms with E-state index in [4.69, 9.17) is 10.8 Å². The number of hydrogen-bond donors (Lipinski definition) is 4. The number of benzene rings is 1. The Labute approximate surface area is 152 Å². The number of non-ortho nitro benzene ring substituents is 1. The number of carbonyl (C=O) groups is 1. The summed E-state index contributed by atoms with van der Waals surface area (Å²) in [5.74, 6) is -0.395. The lowest BCUT2D eigenvalue weighted by atomic mass is 10.0. The fourth-order valence-electron chi connectivity index (χ4n) is 2.62. The molecule has 5 N–H and O–H groups in total. The van der Waals surface area contributed by atoms with Gasteiger partial charge in [-0.1, -0.05) is 0 Å². The molecule has 0 saturated carbocycles. The molecule has 27 heavy (non-hydrogen) atoms. The van der Waals surface area contributed by atoms with Crippen LogP contribution in [0.5, 0.6) is 0 Å². The van der Waals surface area contributed by atoms with Crippen molar-refractivity contribution in [2.75, 3.05) is 18.9 Å². The van der Waals surface area contributed by atoms with Crippen molar-refractivity contribution in [3.05, 3.63) is 52.5 Å². The first-order chi connectivity index (χ1) is 12.9. The van der Waals surface area contributed by atoms with E-state index in [2.05, 4.69) is 15.4 Å². The number of carbonyl (C=O) groups excluding carboxylic acids is 1. The maximum atomic E-state index is 12.6. The van der Waals surface area contributed by atoms with E-state index in [1.165, 1.54) is 41.3 Å². The van der Waals surface area contributed by atoms with Crippen LogP contribution in [0.15, 0.2) is 36.8 Å². The lowest BCUT2D eigenvalue weighted by Crippen LogP contribution is -2.33. The van der Waals surface area contributed by atoms with Crippen molar-refractivity contribution in [3.63, 3.8) is 0 Å². The van der Waals surface area contributed by atoms with Crippen LogP contribution in [0.2, 0.25) is 0 Å². The highest BCUT2D eigenvalue weighted by molar-refractivity contribution is 6.07. The van der Waals surface area contributed by atoms with Gasteiger partial charge in [-0.05, 0) is 17.7 Å². The van der Waals surface area contributed by atoms with Gasteiger partial charge in [0.1, 0.15) is 11.8 Å². The maximum absolute atomic E-state index is 12.6. The number of anilines is 1. The molecular weight excluding hydrogens is 356 g/mol. The second kappa shape index (κ2) is 7.35. The van der Waals surface area contributed by atoms with Crippen LogP contribution in [-0.4, -0.2) is 54.9 Å². The lowest BCUT2D eigenvalue weighted by Gasteiger charge is -2.10. The number of rotatable bonds is 6. The van der Waals surface area contributed by atoms with Crippen LogP contribution in [0.25, 0.3) is 16.6 Å². The number of nitro groups is 1. The fourth-order valence-corrected chi connectivity index (χ4v) is 2.62. The Morgan fingerprint density at radius 2 is 2.07 bits per heavy atom. The number of nitrogen functional groups attached to an aromatic ring is 1. The molecule has 11 heteroatoms. The molecule has 1 atom stereocenters. The summed E-state index contributed by atoms with van der Waals surface area (Å²) in [7, 11) is 0. The minimum atomic E-state index is -1.10. The molecule has 3 rings (SSSR count). The third kappa shape index (κ3) is 3.54. The van der Waals surface area contributed by atoms with Crippen LogP contribution < -0.4 is 11.1 Å². The Bertz CT molecular complexity index is 1000. The molecule has 0 radical (unpaired) electrons. The monoisotopic (exact) mass is 372 g/mol. The Kier molecular flexibility index (Phi) is 4.96. The van der Waals surface area contributed by atoms with Crippen LogP contribution in [0.4, 0.5) is 11.5 Å². The van der Waals surface area contributed by atoms with Gasteiger partial charge in [-0.3, -0.25) is 14.9 Å². The van der Waals surface area contributed by atoms with E-state index in [0.29, 0.717) is 16.6 Å². The predicted octanol–water partition coefficient (Wildman–Crippen LogP) is -0.0303. The minimum absolute atomic E-state index is 0.0939. The lowest BCUT2D eigenvalue weighted by molar-refractivity contribution is -0.384. The van der Waals surface area contributed by atoms with Crippen molar-refractivity contribution in [2.45, 2.75) is 6.10 Å². The summed E-state index contributed by atoms with van der Waals surface area (Å²) in [6.07, 6.45) is 1.59. The molecule has 1 aromatic carbocycles. The average Bonchev–Trinajstić information content (AvgIpc) is 3.06.